The molecule has 104 valence electrons. The molecule has 0 unspecified atom stereocenters. The van der Waals surface area contributed by atoms with Crippen LogP contribution in [-0.4, -0.2) is 4.98 Å². The minimum absolute atomic E-state index is 0.510. The summed E-state index contributed by atoms with van der Waals surface area (Å²) in [5.74, 6) is 0.826. The average molecular weight is 288 g/mol. The van der Waals surface area contributed by atoms with Gasteiger partial charge in [-0.1, -0.05) is 11.6 Å². The smallest absolute Gasteiger partial charge is 0.130 e. The van der Waals surface area contributed by atoms with Crippen molar-refractivity contribution in [1.82, 2.24) is 4.98 Å². The summed E-state index contributed by atoms with van der Waals surface area (Å²) in [4.78, 5) is 4.76. The Balaban J connectivity index is 1.74. The van der Waals surface area contributed by atoms with Crippen molar-refractivity contribution in [3.8, 4) is 5.75 Å². The Kier molecular flexibility index (Phi) is 3.93. The van der Waals surface area contributed by atoms with Gasteiger partial charge in [-0.3, -0.25) is 4.98 Å². The fourth-order valence-corrected chi connectivity index (χ4v) is 2.87. The molecule has 3 rings (SSSR count). The van der Waals surface area contributed by atoms with Gasteiger partial charge in [0.1, 0.15) is 12.4 Å². The highest BCUT2D eigenvalue weighted by molar-refractivity contribution is 6.30. The lowest BCUT2D eigenvalue weighted by Gasteiger charge is -2.18. The fraction of sp³-hybridized carbons (Fsp3) is 0.353. The SMILES string of the molecule is Cc1cc(COc2ccc(Cl)cc2)nc2c1CCCC2. The summed E-state index contributed by atoms with van der Waals surface area (Å²) in [7, 11) is 0. The standard InChI is InChI=1S/C17H18ClNO/c1-12-10-14(19-17-5-3-2-4-16(12)17)11-20-15-8-6-13(18)7-9-15/h6-10H,2-5,11H2,1H3. The number of nitrogens with zero attached hydrogens (tertiary/aromatic N) is 1. The van der Waals surface area contributed by atoms with Gasteiger partial charge in [-0.25, -0.2) is 0 Å². The maximum absolute atomic E-state index is 5.86. The first kappa shape index (κ1) is 13.4. The summed E-state index contributed by atoms with van der Waals surface area (Å²) in [6.45, 7) is 2.69. The van der Waals surface area contributed by atoms with E-state index in [-0.39, 0.29) is 0 Å². The van der Waals surface area contributed by atoms with E-state index in [1.807, 2.05) is 24.3 Å². The first-order valence-electron chi connectivity index (χ1n) is 7.09. The minimum atomic E-state index is 0.510. The lowest BCUT2D eigenvalue weighted by molar-refractivity contribution is 0.300. The zero-order valence-corrected chi connectivity index (χ0v) is 12.4. The second kappa shape index (κ2) is 5.84. The van der Waals surface area contributed by atoms with Gasteiger partial charge in [-0.2, -0.15) is 0 Å². The molecule has 1 aliphatic carbocycles. The van der Waals surface area contributed by atoms with Crippen LogP contribution in [-0.2, 0) is 19.4 Å². The van der Waals surface area contributed by atoms with Crippen molar-refractivity contribution in [2.24, 2.45) is 0 Å². The number of hydrogen-bond acceptors (Lipinski definition) is 2. The molecule has 0 aliphatic heterocycles. The zero-order valence-electron chi connectivity index (χ0n) is 11.7. The van der Waals surface area contributed by atoms with Crippen LogP contribution in [0.2, 0.25) is 5.02 Å². The normalized spacial score (nSPS) is 13.9. The maximum Gasteiger partial charge on any atom is 0.130 e. The fourth-order valence-electron chi connectivity index (χ4n) is 2.74. The average Bonchev–Trinajstić information content (AvgIpc) is 2.47. The third kappa shape index (κ3) is 2.96. The molecule has 0 spiro atoms. The van der Waals surface area contributed by atoms with E-state index in [1.54, 1.807) is 0 Å². The second-order valence-electron chi connectivity index (χ2n) is 5.31. The zero-order chi connectivity index (χ0) is 13.9. The van der Waals surface area contributed by atoms with E-state index in [2.05, 4.69) is 13.0 Å². The molecule has 1 aliphatic rings. The van der Waals surface area contributed by atoms with Gasteiger partial charge in [0.2, 0.25) is 0 Å². The molecule has 1 aromatic carbocycles. The minimum Gasteiger partial charge on any atom is -0.487 e. The Morgan fingerprint density at radius 3 is 2.70 bits per heavy atom. The molecule has 0 fully saturated rings. The van der Waals surface area contributed by atoms with Crippen LogP contribution in [0.15, 0.2) is 30.3 Å². The van der Waals surface area contributed by atoms with E-state index >= 15 is 0 Å². The maximum atomic E-state index is 5.86. The Bertz CT molecular complexity index is 607. The molecule has 1 aromatic heterocycles. The number of pyridine rings is 1. The van der Waals surface area contributed by atoms with Crippen LogP contribution < -0.4 is 4.74 Å². The monoisotopic (exact) mass is 287 g/mol. The number of hydrogen-bond donors (Lipinski definition) is 0. The van der Waals surface area contributed by atoms with Crippen LogP contribution in [0.1, 0.15) is 35.4 Å². The van der Waals surface area contributed by atoms with Gasteiger partial charge < -0.3 is 4.74 Å². The predicted octanol–water partition coefficient (Wildman–Crippen LogP) is 4.50. The van der Waals surface area contributed by atoms with E-state index in [1.165, 1.54) is 36.1 Å². The van der Waals surface area contributed by atoms with Crippen LogP contribution in [0.3, 0.4) is 0 Å². The molecule has 0 saturated heterocycles. The number of fused-ring (bicyclic) bond motifs is 1. The highest BCUT2D eigenvalue weighted by atomic mass is 35.5. The van der Waals surface area contributed by atoms with E-state index in [9.17, 15) is 0 Å². The van der Waals surface area contributed by atoms with Crippen LogP contribution in [0.25, 0.3) is 0 Å². The Labute approximate surface area is 124 Å². The molecule has 20 heavy (non-hydrogen) atoms. The van der Waals surface area contributed by atoms with Crippen LogP contribution in [0.5, 0.6) is 5.75 Å². The predicted molar refractivity (Wildman–Crippen MR) is 81.4 cm³/mol. The van der Waals surface area contributed by atoms with Gasteiger partial charge in [0.05, 0.1) is 5.69 Å². The quantitative estimate of drug-likeness (QED) is 0.829. The molecule has 0 saturated carbocycles. The summed E-state index contributed by atoms with van der Waals surface area (Å²) >= 11 is 5.86. The third-order valence-corrected chi connectivity index (χ3v) is 4.03. The molecule has 1 heterocycles. The molecule has 2 nitrogen and oxygen atoms in total. The van der Waals surface area contributed by atoms with Crippen molar-refractivity contribution in [2.45, 2.75) is 39.2 Å². The van der Waals surface area contributed by atoms with Crippen LogP contribution in [0.4, 0.5) is 0 Å². The van der Waals surface area contributed by atoms with Gasteiger partial charge in [-0.05, 0) is 74.1 Å². The molecule has 0 radical (unpaired) electrons. The lowest BCUT2D eigenvalue weighted by Crippen LogP contribution is -2.10. The van der Waals surface area contributed by atoms with Crippen LogP contribution >= 0.6 is 11.6 Å². The van der Waals surface area contributed by atoms with Crippen molar-refractivity contribution in [3.05, 3.63) is 57.9 Å². The van der Waals surface area contributed by atoms with E-state index < -0.39 is 0 Å². The van der Waals surface area contributed by atoms with Gasteiger partial charge >= 0.3 is 0 Å². The van der Waals surface area contributed by atoms with Gasteiger partial charge in [0, 0.05) is 10.7 Å². The Morgan fingerprint density at radius 1 is 1.15 bits per heavy atom. The molecule has 0 N–H and O–H groups in total. The number of ether oxygens (including phenoxy) is 1. The first-order valence-corrected chi connectivity index (χ1v) is 7.47. The van der Waals surface area contributed by atoms with Crippen molar-refractivity contribution < 1.29 is 4.74 Å². The van der Waals surface area contributed by atoms with E-state index in [4.69, 9.17) is 21.3 Å². The topological polar surface area (TPSA) is 22.1 Å². The molecule has 0 amide bonds. The van der Waals surface area contributed by atoms with Crippen molar-refractivity contribution in [1.29, 1.82) is 0 Å². The Morgan fingerprint density at radius 2 is 1.90 bits per heavy atom. The molecule has 0 bridgehead atoms. The summed E-state index contributed by atoms with van der Waals surface area (Å²) < 4.78 is 5.77. The molecular weight excluding hydrogens is 270 g/mol. The number of halogens is 1. The summed E-state index contributed by atoms with van der Waals surface area (Å²) in [6.07, 6.45) is 4.81. The molecule has 3 heteroatoms. The molecule has 0 atom stereocenters. The summed E-state index contributed by atoms with van der Waals surface area (Å²) in [5, 5.41) is 0.722. The van der Waals surface area contributed by atoms with Gasteiger partial charge in [-0.15, -0.1) is 0 Å². The number of benzene rings is 1. The van der Waals surface area contributed by atoms with E-state index in [0.29, 0.717) is 6.61 Å². The van der Waals surface area contributed by atoms with Crippen molar-refractivity contribution in [3.63, 3.8) is 0 Å². The third-order valence-electron chi connectivity index (χ3n) is 3.78. The van der Waals surface area contributed by atoms with Gasteiger partial charge in [0.15, 0.2) is 0 Å². The highest BCUT2D eigenvalue weighted by Gasteiger charge is 2.14. The Hall–Kier alpha value is -1.54. The molecular formula is C17H18ClNO. The summed E-state index contributed by atoms with van der Waals surface area (Å²) in [6, 6.07) is 9.59. The second-order valence-corrected chi connectivity index (χ2v) is 5.74. The largest absolute Gasteiger partial charge is 0.487 e. The number of rotatable bonds is 3. The van der Waals surface area contributed by atoms with Crippen molar-refractivity contribution in [2.75, 3.05) is 0 Å². The van der Waals surface area contributed by atoms with E-state index in [0.717, 1.165) is 22.9 Å². The highest BCUT2D eigenvalue weighted by Crippen LogP contribution is 2.24. The first-order chi connectivity index (χ1) is 9.72. The number of aromatic nitrogens is 1. The van der Waals surface area contributed by atoms with Gasteiger partial charge in [0.25, 0.3) is 0 Å². The van der Waals surface area contributed by atoms with Crippen LogP contribution in [0, 0.1) is 6.92 Å². The summed E-state index contributed by atoms with van der Waals surface area (Å²) in [5.41, 5.74) is 5.08. The number of aryl methyl sites for hydroxylation is 2. The lowest BCUT2D eigenvalue weighted by atomic mass is 9.92. The molecule has 2 aromatic rings. The van der Waals surface area contributed by atoms with Crippen molar-refractivity contribution >= 4 is 11.6 Å².